The molecule has 4 nitrogen and oxygen atoms in total. The molecule has 4 heterocycles. The number of fused-ring (bicyclic) bond motifs is 5. The average Bonchev–Trinajstić information content (AvgIpc) is 3.71. The van der Waals surface area contributed by atoms with E-state index in [1.54, 1.807) is 17.5 Å². The molecule has 0 aliphatic rings. The van der Waals surface area contributed by atoms with Crippen molar-refractivity contribution in [3.63, 3.8) is 0 Å². The molecule has 4 aromatic heterocycles. The monoisotopic (exact) mass is 864 g/mol. The SMILES string of the molecule is Cc1cccc(C)c1-c1cc(-c2[c-]ccc3c2oc2c3ccc3sc(C(C)(C)C)nc32)ncc1C(C)(C)C.[Ir].[c-]1ccccc1-c1ccccn1. The van der Waals surface area contributed by atoms with Crippen LogP contribution in [-0.2, 0) is 30.9 Å². The first-order valence-electron chi connectivity index (χ1n) is 17.0. The van der Waals surface area contributed by atoms with Gasteiger partial charge in [-0.3, -0.25) is 0 Å². The van der Waals surface area contributed by atoms with Gasteiger partial charge in [-0.1, -0.05) is 95.0 Å². The van der Waals surface area contributed by atoms with Gasteiger partial charge < -0.3 is 14.4 Å². The van der Waals surface area contributed by atoms with Crippen molar-refractivity contribution in [1.82, 2.24) is 15.0 Å². The van der Waals surface area contributed by atoms with Crippen LogP contribution in [0.1, 0.15) is 63.2 Å². The van der Waals surface area contributed by atoms with E-state index in [1.165, 1.54) is 27.8 Å². The number of aromatic nitrogens is 3. The Bertz CT molecular complexity index is 2410. The van der Waals surface area contributed by atoms with E-state index in [1.807, 2.05) is 54.7 Å². The Balaban J connectivity index is 0.000000291. The van der Waals surface area contributed by atoms with Crippen LogP contribution < -0.4 is 0 Å². The van der Waals surface area contributed by atoms with Gasteiger partial charge in [-0.05, 0) is 70.6 Å². The van der Waals surface area contributed by atoms with Gasteiger partial charge in [-0.15, -0.1) is 65.4 Å². The minimum Gasteiger partial charge on any atom is -0.498 e. The van der Waals surface area contributed by atoms with Gasteiger partial charge in [0.25, 0.3) is 0 Å². The summed E-state index contributed by atoms with van der Waals surface area (Å²) in [6.45, 7) is 17.7. The Morgan fingerprint density at radius 1 is 0.686 bits per heavy atom. The van der Waals surface area contributed by atoms with Crippen molar-refractivity contribution >= 4 is 43.5 Å². The number of hydrogen-bond donors (Lipinski definition) is 0. The van der Waals surface area contributed by atoms with Crippen LogP contribution in [0.15, 0.2) is 108 Å². The molecule has 0 atom stereocenters. The molecule has 0 saturated carbocycles. The van der Waals surface area contributed by atoms with Crippen molar-refractivity contribution in [3.8, 4) is 33.6 Å². The smallest absolute Gasteiger partial charge is 0.148 e. The predicted octanol–water partition coefficient (Wildman–Crippen LogP) is 12.5. The normalized spacial score (nSPS) is 11.8. The molecule has 0 bridgehead atoms. The molecule has 0 N–H and O–H groups in total. The zero-order valence-corrected chi connectivity index (χ0v) is 33.5. The Morgan fingerprint density at radius 2 is 1.43 bits per heavy atom. The third-order valence-corrected chi connectivity index (χ3v) is 10.4. The molecule has 6 heteroatoms. The van der Waals surface area contributed by atoms with Crippen LogP contribution >= 0.6 is 11.3 Å². The van der Waals surface area contributed by atoms with E-state index in [2.05, 4.69) is 115 Å². The number of aryl methyl sites for hydroxylation is 2. The van der Waals surface area contributed by atoms with Gasteiger partial charge in [-0.25, -0.2) is 4.98 Å². The van der Waals surface area contributed by atoms with E-state index in [-0.39, 0.29) is 30.9 Å². The van der Waals surface area contributed by atoms with Gasteiger partial charge in [0.1, 0.15) is 11.1 Å². The van der Waals surface area contributed by atoms with Crippen molar-refractivity contribution in [2.24, 2.45) is 0 Å². The molecule has 0 spiro atoms. The Hall–Kier alpha value is -4.48. The number of rotatable bonds is 3. The molecule has 1 radical (unpaired) electrons. The summed E-state index contributed by atoms with van der Waals surface area (Å²) in [5.41, 5.74) is 12.5. The van der Waals surface area contributed by atoms with E-state index in [0.717, 1.165) is 59.7 Å². The molecule has 4 aromatic carbocycles. The van der Waals surface area contributed by atoms with Gasteiger partial charge in [0.15, 0.2) is 0 Å². The summed E-state index contributed by atoms with van der Waals surface area (Å²) >= 11 is 1.74. The molecule has 8 rings (SSSR count). The number of pyridine rings is 2. The first-order chi connectivity index (χ1) is 23.9. The zero-order valence-electron chi connectivity index (χ0n) is 30.3. The molecule has 259 valence electrons. The van der Waals surface area contributed by atoms with Crippen molar-refractivity contribution in [3.05, 3.63) is 137 Å². The maximum absolute atomic E-state index is 6.64. The van der Waals surface area contributed by atoms with Gasteiger partial charge in [0, 0.05) is 43.3 Å². The Labute approximate surface area is 318 Å². The molecule has 0 unspecified atom stereocenters. The van der Waals surface area contributed by atoms with E-state index < -0.39 is 0 Å². The summed E-state index contributed by atoms with van der Waals surface area (Å²) < 4.78 is 7.79. The van der Waals surface area contributed by atoms with Crippen LogP contribution in [0.2, 0.25) is 0 Å². The molecule has 0 amide bonds. The van der Waals surface area contributed by atoms with Crippen molar-refractivity contribution < 1.29 is 24.5 Å². The van der Waals surface area contributed by atoms with Crippen LogP contribution in [0.3, 0.4) is 0 Å². The first-order valence-corrected chi connectivity index (χ1v) is 17.8. The standard InChI is InChI=1S/C34H33N2OS.C11H8N.Ir/c1-19-11-9-12-20(2)28(19)24-17-26(35-18-25(24)33(3,4)5)23-14-10-13-21-22-15-16-27-29(31(22)37-30(21)23)36-32(38-27)34(6,7)8;1-2-6-10(7-3-1)11-8-4-5-9-12-11;/h9-13,15-18H,1-8H3;1-6,8-9H;/q2*-1;. The molecule has 0 aliphatic carbocycles. The molecule has 0 saturated heterocycles. The van der Waals surface area contributed by atoms with Gasteiger partial charge in [0.05, 0.1) is 15.3 Å². The molecular formula is C45H41IrN3OS-2. The average molecular weight is 864 g/mol. The van der Waals surface area contributed by atoms with Gasteiger partial charge in [0.2, 0.25) is 0 Å². The fraction of sp³-hybridized carbons (Fsp3) is 0.222. The summed E-state index contributed by atoms with van der Waals surface area (Å²) in [7, 11) is 0. The summed E-state index contributed by atoms with van der Waals surface area (Å²) in [5.74, 6) is 0. The molecular weight excluding hydrogens is 823 g/mol. The fourth-order valence-corrected chi connectivity index (χ4v) is 7.43. The zero-order chi connectivity index (χ0) is 35.2. The topological polar surface area (TPSA) is 51.8 Å². The maximum atomic E-state index is 6.64. The Morgan fingerprint density at radius 3 is 2.10 bits per heavy atom. The predicted molar refractivity (Wildman–Crippen MR) is 210 cm³/mol. The minimum absolute atomic E-state index is 0. The minimum atomic E-state index is -0.0499. The van der Waals surface area contributed by atoms with E-state index in [0.29, 0.717) is 0 Å². The summed E-state index contributed by atoms with van der Waals surface area (Å²) in [6, 6.07) is 37.4. The molecule has 0 aliphatic heterocycles. The number of benzene rings is 4. The molecule has 51 heavy (non-hydrogen) atoms. The number of furan rings is 1. The molecule has 0 fully saturated rings. The van der Waals surface area contributed by atoms with Crippen LogP contribution in [0, 0.1) is 26.0 Å². The second-order valence-electron chi connectivity index (χ2n) is 14.9. The molecule has 8 aromatic rings. The van der Waals surface area contributed by atoms with Crippen molar-refractivity contribution in [1.29, 1.82) is 0 Å². The van der Waals surface area contributed by atoms with Crippen LogP contribution in [0.4, 0.5) is 0 Å². The van der Waals surface area contributed by atoms with Crippen LogP contribution in [-0.4, -0.2) is 15.0 Å². The second-order valence-corrected chi connectivity index (χ2v) is 15.9. The van der Waals surface area contributed by atoms with E-state index in [9.17, 15) is 0 Å². The number of nitrogens with zero attached hydrogens (tertiary/aromatic N) is 3. The van der Waals surface area contributed by atoms with E-state index in [4.69, 9.17) is 14.4 Å². The van der Waals surface area contributed by atoms with Gasteiger partial charge >= 0.3 is 0 Å². The third kappa shape index (κ3) is 7.19. The second kappa shape index (κ2) is 14.3. The van der Waals surface area contributed by atoms with Crippen LogP contribution in [0.5, 0.6) is 0 Å². The third-order valence-electron chi connectivity index (χ3n) is 8.97. The quantitative estimate of drug-likeness (QED) is 0.166. The number of hydrogen-bond acceptors (Lipinski definition) is 5. The fourth-order valence-electron chi connectivity index (χ4n) is 6.41. The summed E-state index contributed by atoms with van der Waals surface area (Å²) in [5, 5.41) is 3.26. The summed E-state index contributed by atoms with van der Waals surface area (Å²) in [6.07, 6.45) is 3.83. The van der Waals surface area contributed by atoms with Crippen molar-refractivity contribution in [2.45, 2.75) is 66.2 Å². The van der Waals surface area contributed by atoms with Crippen LogP contribution in [0.25, 0.3) is 65.8 Å². The first kappa shape index (κ1) is 36.3. The number of thiazole rings is 1. The largest absolute Gasteiger partial charge is 0.498 e. The van der Waals surface area contributed by atoms with Gasteiger partial charge in [-0.2, -0.15) is 0 Å². The summed E-state index contributed by atoms with van der Waals surface area (Å²) in [4.78, 5) is 14.2. The maximum Gasteiger partial charge on any atom is 0.148 e. The van der Waals surface area contributed by atoms with E-state index >= 15 is 0 Å². The Kier molecular flexibility index (Phi) is 10.2. The van der Waals surface area contributed by atoms with Crippen molar-refractivity contribution in [2.75, 3.05) is 0 Å².